The standard InChI is InChI=1S/C40H63N7O/c1-9-11-30(5)35(27-42-26-33(8)45-37-22-28(3)21-29(4)23-37)14-17-43-36-15-19-47(20-16-36)40(48)34(12-10-2)13-18-44-38-24-32(7)39(46-41)25-31(38)6/h21-25,27,34,36,43-46H,8-20,26,41H2,1-7H3/b35-30+,42-27?. The van der Waals surface area contributed by atoms with Crippen LogP contribution in [-0.2, 0) is 4.79 Å². The van der Waals surface area contributed by atoms with Gasteiger partial charge in [0.25, 0.3) is 0 Å². The number of amides is 1. The number of likely N-dealkylation sites (tertiary alicyclic amines) is 1. The van der Waals surface area contributed by atoms with E-state index < -0.39 is 0 Å². The van der Waals surface area contributed by atoms with Gasteiger partial charge >= 0.3 is 0 Å². The molecule has 0 saturated carbocycles. The van der Waals surface area contributed by atoms with Crippen molar-refractivity contribution in [1.29, 1.82) is 0 Å². The Morgan fingerprint density at radius 1 is 0.958 bits per heavy atom. The van der Waals surface area contributed by atoms with Crippen molar-refractivity contribution in [3.8, 4) is 0 Å². The lowest BCUT2D eigenvalue weighted by Crippen LogP contribution is -2.47. The van der Waals surface area contributed by atoms with Crippen LogP contribution in [0.3, 0.4) is 0 Å². The van der Waals surface area contributed by atoms with Crippen molar-refractivity contribution in [3.63, 3.8) is 0 Å². The second-order valence-corrected chi connectivity index (χ2v) is 13.8. The lowest BCUT2D eigenvalue weighted by atomic mass is 9.95. The summed E-state index contributed by atoms with van der Waals surface area (Å²) in [6, 6.07) is 11.1. The average Bonchev–Trinajstić information content (AvgIpc) is 3.04. The number of carbonyl (C=O) groups excluding carboxylic acids is 1. The van der Waals surface area contributed by atoms with Gasteiger partial charge in [0.05, 0.1) is 12.2 Å². The van der Waals surface area contributed by atoms with Crippen LogP contribution in [0.25, 0.3) is 0 Å². The molecule has 0 spiro atoms. The van der Waals surface area contributed by atoms with Gasteiger partial charge in [-0.05, 0) is 132 Å². The second kappa shape index (κ2) is 20.0. The average molecular weight is 658 g/mol. The molecular weight excluding hydrogens is 594 g/mol. The number of anilines is 3. The maximum Gasteiger partial charge on any atom is 0.225 e. The molecule has 1 unspecified atom stereocenters. The first-order valence-corrected chi connectivity index (χ1v) is 18.1. The highest BCUT2D eigenvalue weighted by molar-refractivity contribution is 5.80. The van der Waals surface area contributed by atoms with Crippen LogP contribution in [0, 0.1) is 33.6 Å². The fraction of sp³-hybridized carbons (Fsp3) is 0.550. The molecule has 1 amide bonds. The van der Waals surface area contributed by atoms with E-state index in [2.05, 4.69) is 111 Å². The van der Waals surface area contributed by atoms with E-state index in [1.807, 2.05) is 6.92 Å². The van der Waals surface area contributed by atoms with Crippen molar-refractivity contribution in [1.82, 2.24) is 10.2 Å². The molecule has 1 heterocycles. The maximum atomic E-state index is 13.6. The highest BCUT2D eigenvalue weighted by atomic mass is 16.2. The van der Waals surface area contributed by atoms with Crippen molar-refractivity contribution < 1.29 is 4.79 Å². The van der Waals surface area contributed by atoms with E-state index in [-0.39, 0.29) is 5.92 Å². The van der Waals surface area contributed by atoms with E-state index in [1.54, 1.807) is 0 Å². The minimum atomic E-state index is 0.0547. The fourth-order valence-corrected chi connectivity index (χ4v) is 6.74. The quantitative estimate of drug-likeness (QED) is 0.0592. The van der Waals surface area contributed by atoms with Gasteiger partial charge in [-0.1, -0.05) is 44.9 Å². The molecule has 8 nitrogen and oxygen atoms in total. The first kappa shape index (κ1) is 38.8. The van der Waals surface area contributed by atoms with Crippen LogP contribution in [0.5, 0.6) is 0 Å². The van der Waals surface area contributed by atoms with Crippen LogP contribution in [0.2, 0.25) is 0 Å². The van der Waals surface area contributed by atoms with Gasteiger partial charge in [0.2, 0.25) is 5.91 Å². The van der Waals surface area contributed by atoms with Gasteiger partial charge in [-0.25, -0.2) is 0 Å². The molecule has 1 aliphatic rings. The van der Waals surface area contributed by atoms with Crippen molar-refractivity contribution in [2.45, 2.75) is 106 Å². The zero-order valence-corrected chi connectivity index (χ0v) is 30.9. The van der Waals surface area contributed by atoms with Gasteiger partial charge in [0.1, 0.15) is 0 Å². The molecule has 264 valence electrons. The molecule has 0 bridgehead atoms. The van der Waals surface area contributed by atoms with Gasteiger partial charge in [0.15, 0.2) is 0 Å². The topological polar surface area (TPSA) is 107 Å². The third-order valence-electron chi connectivity index (χ3n) is 9.40. The molecule has 1 atom stereocenters. The van der Waals surface area contributed by atoms with E-state index in [9.17, 15) is 4.79 Å². The summed E-state index contributed by atoms with van der Waals surface area (Å²) in [6.07, 6.45) is 9.96. The SMILES string of the molecule is C=C(CN=C/C(CCNC1CCN(C(=O)C(CCC)CCNc2cc(C)c(NN)cc2C)CC1)=C(\C)CCC)Nc1cc(C)cc(C)c1. The number of rotatable bonds is 19. The molecule has 3 rings (SSSR count). The number of nitrogens with zero attached hydrogens (tertiary/aromatic N) is 2. The minimum Gasteiger partial charge on any atom is -0.385 e. The molecule has 0 radical (unpaired) electrons. The van der Waals surface area contributed by atoms with Crippen molar-refractivity contribution >= 4 is 29.2 Å². The van der Waals surface area contributed by atoms with Crippen molar-refractivity contribution in [2.24, 2.45) is 16.8 Å². The number of aryl methyl sites for hydroxylation is 4. The third kappa shape index (κ3) is 12.4. The Bertz CT molecular complexity index is 1380. The molecule has 0 aromatic heterocycles. The number of aliphatic imine (C=N–C) groups is 1. The number of allylic oxidation sites excluding steroid dienone is 1. The molecule has 0 aliphatic carbocycles. The molecule has 1 saturated heterocycles. The van der Waals surface area contributed by atoms with Crippen molar-refractivity contribution in [2.75, 3.05) is 48.8 Å². The summed E-state index contributed by atoms with van der Waals surface area (Å²) in [5.41, 5.74) is 14.2. The number of benzene rings is 2. The van der Waals surface area contributed by atoms with Gasteiger partial charge < -0.3 is 26.3 Å². The number of piperidine rings is 1. The first-order valence-electron chi connectivity index (χ1n) is 18.1. The highest BCUT2D eigenvalue weighted by Gasteiger charge is 2.27. The molecule has 48 heavy (non-hydrogen) atoms. The van der Waals surface area contributed by atoms with Crippen molar-refractivity contribution in [3.05, 3.63) is 76.0 Å². The number of hydrogen-bond acceptors (Lipinski definition) is 7. The normalized spacial score (nSPS) is 15.0. The Balaban J connectivity index is 1.45. The number of nitrogens with one attached hydrogen (secondary N) is 4. The summed E-state index contributed by atoms with van der Waals surface area (Å²) in [4.78, 5) is 20.5. The lowest BCUT2D eigenvalue weighted by molar-refractivity contribution is -0.137. The van der Waals surface area contributed by atoms with Crippen LogP contribution in [0.4, 0.5) is 17.1 Å². The molecule has 6 N–H and O–H groups in total. The molecular formula is C40H63N7O. The smallest absolute Gasteiger partial charge is 0.225 e. The number of hydrogen-bond donors (Lipinski definition) is 5. The largest absolute Gasteiger partial charge is 0.385 e. The Kier molecular flexibility index (Phi) is 16.2. The van der Waals surface area contributed by atoms with E-state index in [0.29, 0.717) is 18.5 Å². The Morgan fingerprint density at radius 2 is 1.62 bits per heavy atom. The summed E-state index contributed by atoms with van der Waals surface area (Å²) >= 11 is 0. The molecule has 8 heteroatoms. The predicted molar refractivity (Wildman–Crippen MR) is 207 cm³/mol. The zero-order chi connectivity index (χ0) is 35.1. The van der Waals surface area contributed by atoms with Crippen LogP contribution >= 0.6 is 0 Å². The Morgan fingerprint density at radius 3 is 2.27 bits per heavy atom. The zero-order valence-electron chi connectivity index (χ0n) is 30.9. The molecule has 2 aromatic carbocycles. The van der Waals surface area contributed by atoms with Crippen LogP contribution in [-0.4, -0.2) is 55.8 Å². The fourth-order valence-electron chi connectivity index (χ4n) is 6.74. The Labute approximate surface area is 291 Å². The minimum absolute atomic E-state index is 0.0547. The number of carbonyl (C=O) groups is 1. The predicted octanol–water partition coefficient (Wildman–Crippen LogP) is 8.21. The second-order valence-electron chi connectivity index (χ2n) is 13.8. The number of nitrogen functional groups attached to an aromatic ring is 1. The van der Waals surface area contributed by atoms with E-state index >= 15 is 0 Å². The maximum absolute atomic E-state index is 13.6. The van der Waals surface area contributed by atoms with Crippen LogP contribution in [0.15, 0.2) is 58.7 Å². The molecule has 1 aliphatic heterocycles. The van der Waals surface area contributed by atoms with E-state index in [4.69, 9.17) is 10.8 Å². The van der Waals surface area contributed by atoms with Crippen LogP contribution < -0.4 is 27.2 Å². The van der Waals surface area contributed by atoms with Crippen LogP contribution in [0.1, 0.15) is 94.4 Å². The summed E-state index contributed by atoms with van der Waals surface area (Å²) < 4.78 is 0. The van der Waals surface area contributed by atoms with Gasteiger partial charge in [0, 0.05) is 54.9 Å². The Hall–Kier alpha value is -3.62. The monoisotopic (exact) mass is 658 g/mol. The summed E-state index contributed by atoms with van der Waals surface area (Å²) in [5, 5.41) is 10.8. The molecule has 2 aromatic rings. The third-order valence-corrected chi connectivity index (χ3v) is 9.40. The summed E-state index contributed by atoms with van der Waals surface area (Å²) in [5.74, 6) is 6.01. The van der Waals surface area contributed by atoms with E-state index in [0.717, 1.165) is 111 Å². The summed E-state index contributed by atoms with van der Waals surface area (Å²) in [7, 11) is 0. The summed E-state index contributed by atoms with van der Waals surface area (Å²) in [6.45, 7) is 23.1. The molecule has 1 fully saturated rings. The lowest BCUT2D eigenvalue weighted by Gasteiger charge is -2.35. The number of hydrazine groups is 1. The van der Waals surface area contributed by atoms with Gasteiger partial charge in [-0.2, -0.15) is 0 Å². The van der Waals surface area contributed by atoms with Gasteiger partial charge in [-0.3, -0.25) is 15.6 Å². The van der Waals surface area contributed by atoms with Gasteiger partial charge in [-0.15, -0.1) is 0 Å². The van der Waals surface area contributed by atoms with E-state index in [1.165, 1.54) is 22.3 Å². The number of nitrogens with two attached hydrogens (primary N) is 1. The highest BCUT2D eigenvalue weighted by Crippen LogP contribution is 2.25. The first-order chi connectivity index (χ1) is 23.0.